The van der Waals surface area contributed by atoms with E-state index >= 15 is 0 Å². The highest BCUT2D eigenvalue weighted by Gasteiger charge is 2.34. The van der Waals surface area contributed by atoms with E-state index in [1.54, 1.807) is 0 Å². The second-order valence-corrected chi connectivity index (χ2v) is 8.57. The molecule has 1 unspecified atom stereocenters. The van der Waals surface area contributed by atoms with Gasteiger partial charge in [-0.2, -0.15) is 0 Å². The molecule has 0 amide bonds. The molecule has 166 valence electrons. The number of piperazine rings is 1. The van der Waals surface area contributed by atoms with Gasteiger partial charge in [0.2, 0.25) is 11.6 Å². The minimum atomic E-state index is -0.289. The SMILES string of the molecule is CCC1CCCCN1c1ncnc(N2CCN(c3cccc(C)c3C)CC2)c1[N+](=O)[O-]. The highest BCUT2D eigenvalue weighted by molar-refractivity contribution is 5.72. The summed E-state index contributed by atoms with van der Waals surface area (Å²) in [7, 11) is 0. The number of aromatic nitrogens is 2. The maximum atomic E-state index is 12.2. The zero-order chi connectivity index (χ0) is 22.0. The maximum Gasteiger partial charge on any atom is 0.353 e. The maximum absolute atomic E-state index is 12.2. The lowest BCUT2D eigenvalue weighted by Crippen LogP contribution is -2.47. The highest BCUT2D eigenvalue weighted by atomic mass is 16.6. The lowest BCUT2D eigenvalue weighted by molar-refractivity contribution is -0.383. The Morgan fingerprint density at radius 2 is 1.74 bits per heavy atom. The molecule has 1 atom stereocenters. The number of anilines is 3. The van der Waals surface area contributed by atoms with Crippen LogP contribution in [-0.2, 0) is 0 Å². The molecule has 0 saturated carbocycles. The fourth-order valence-electron chi connectivity index (χ4n) is 4.91. The van der Waals surface area contributed by atoms with Crippen molar-refractivity contribution >= 4 is 23.0 Å². The Labute approximate surface area is 184 Å². The van der Waals surface area contributed by atoms with Crippen molar-refractivity contribution < 1.29 is 4.92 Å². The average molecular weight is 425 g/mol. The van der Waals surface area contributed by atoms with Crippen molar-refractivity contribution in [2.45, 2.75) is 52.5 Å². The predicted octanol–water partition coefficient (Wildman–Crippen LogP) is 4.10. The molecule has 3 heterocycles. The van der Waals surface area contributed by atoms with Crippen LogP contribution < -0.4 is 14.7 Å². The molecular weight excluding hydrogens is 392 g/mol. The molecule has 8 heteroatoms. The van der Waals surface area contributed by atoms with Gasteiger partial charge in [0, 0.05) is 44.5 Å². The number of piperidine rings is 1. The summed E-state index contributed by atoms with van der Waals surface area (Å²) in [5.74, 6) is 0.939. The average Bonchev–Trinajstić information content (AvgIpc) is 2.80. The number of hydrogen-bond donors (Lipinski definition) is 0. The van der Waals surface area contributed by atoms with Crippen molar-refractivity contribution in [2.24, 2.45) is 0 Å². The molecule has 1 aromatic heterocycles. The molecule has 2 fully saturated rings. The molecule has 8 nitrogen and oxygen atoms in total. The zero-order valence-electron chi connectivity index (χ0n) is 18.8. The largest absolute Gasteiger partial charge is 0.368 e. The molecule has 0 radical (unpaired) electrons. The van der Waals surface area contributed by atoms with Gasteiger partial charge in [-0.05, 0) is 56.7 Å². The first-order valence-corrected chi connectivity index (χ1v) is 11.3. The van der Waals surface area contributed by atoms with E-state index in [9.17, 15) is 10.1 Å². The summed E-state index contributed by atoms with van der Waals surface area (Å²) in [4.78, 5) is 27.2. The molecule has 2 saturated heterocycles. The summed E-state index contributed by atoms with van der Waals surface area (Å²) in [5, 5.41) is 12.2. The number of rotatable bonds is 5. The summed E-state index contributed by atoms with van der Waals surface area (Å²) in [6.07, 6.45) is 5.73. The smallest absolute Gasteiger partial charge is 0.353 e. The van der Waals surface area contributed by atoms with E-state index in [0.717, 1.165) is 38.9 Å². The zero-order valence-corrected chi connectivity index (χ0v) is 18.8. The van der Waals surface area contributed by atoms with Gasteiger partial charge in [-0.1, -0.05) is 19.1 Å². The van der Waals surface area contributed by atoms with Crippen LogP contribution in [0.2, 0.25) is 0 Å². The van der Waals surface area contributed by atoms with Crippen LogP contribution in [0.1, 0.15) is 43.7 Å². The Kier molecular flexibility index (Phi) is 6.25. The van der Waals surface area contributed by atoms with Crippen LogP contribution in [0.15, 0.2) is 24.5 Å². The lowest BCUT2D eigenvalue weighted by Gasteiger charge is -2.38. The van der Waals surface area contributed by atoms with Crippen LogP contribution in [0, 0.1) is 24.0 Å². The first-order chi connectivity index (χ1) is 15.0. The quantitative estimate of drug-likeness (QED) is 0.528. The molecule has 0 aliphatic carbocycles. The Bertz CT molecular complexity index is 942. The monoisotopic (exact) mass is 424 g/mol. The third kappa shape index (κ3) is 4.16. The van der Waals surface area contributed by atoms with E-state index < -0.39 is 0 Å². The van der Waals surface area contributed by atoms with Crippen LogP contribution in [0.25, 0.3) is 0 Å². The number of benzene rings is 1. The topological polar surface area (TPSA) is 78.6 Å². The van der Waals surface area contributed by atoms with Crippen LogP contribution in [-0.4, -0.2) is 53.7 Å². The van der Waals surface area contributed by atoms with Crippen molar-refractivity contribution in [3.63, 3.8) is 0 Å². The number of aryl methyl sites for hydroxylation is 1. The van der Waals surface area contributed by atoms with Gasteiger partial charge in [0.15, 0.2) is 0 Å². The predicted molar refractivity (Wildman–Crippen MR) is 124 cm³/mol. The fraction of sp³-hybridized carbons (Fsp3) is 0.565. The molecular formula is C23H32N6O2. The van der Waals surface area contributed by atoms with Gasteiger partial charge in [0.05, 0.1) is 4.92 Å². The first kappa shape index (κ1) is 21.3. The van der Waals surface area contributed by atoms with Crippen LogP contribution >= 0.6 is 0 Å². The second kappa shape index (κ2) is 9.08. The number of nitro groups is 1. The van der Waals surface area contributed by atoms with E-state index in [0.29, 0.717) is 30.8 Å². The van der Waals surface area contributed by atoms with Gasteiger partial charge in [0.25, 0.3) is 0 Å². The molecule has 2 aliphatic heterocycles. The van der Waals surface area contributed by atoms with Crippen molar-refractivity contribution in [3.8, 4) is 0 Å². The van der Waals surface area contributed by atoms with E-state index in [1.165, 1.54) is 29.6 Å². The fourth-order valence-corrected chi connectivity index (χ4v) is 4.91. The minimum Gasteiger partial charge on any atom is -0.368 e. The Morgan fingerprint density at radius 3 is 2.45 bits per heavy atom. The highest BCUT2D eigenvalue weighted by Crippen LogP contribution is 2.38. The second-order valence-electron chi connectivity index (χ2n) is 8.57. The standard InChI is InChI=1S/C23H32N6O2/c1-4-19-9-5-6-11-28(19)23-21(29(30)31)22(24-16-25-23)27-14-12-26(13-15-27)20-10-7-8-17(2)18(20)3/h7-8,10,16,19H,4-6,9,11-15H2,1-3H3. The lowest BCUT2D eigenvalue weighted by atomic mass is 10.00. The van der Waals surface area contributed by atoms with Crippen molar-refractivity contribution in [2.75, 3.05) is 47.4 Å². The summed E-state index contributed by atoms with van der Waals surface area (Å²) in [6.45, 7) is 10.2. The summed E-state index contributed by atoms with van der Waals surface area (Å²) >= 11 is 0. The van der Waals surface area contributed by atoms with E-state index in [-0.39, 0.29) is 10.6 Å². The van der Waals surface area contributed by atoms with Crippen molar-refractivity contribution in [1.29, 1.82) is 0 Å². The first-order valence-electron chi connectivity index (χ1n) is 11.3. The van der Waals surface area contributed by atoms with Crippen molar-refractivity contribution in [3.05, 3.63) is 45.8 Å². The number of hydrogen-bond acceptors (Lipinski definition) is 7. The molecule has 31 heavy (non-hydrogen) atoms. The molecule has 1 aromatic carbocycles. The van der Waals surface area contributed by atoms with Gasteiger partial charge in [-0.3, -0.25) is 10.1 Å². The molecule has 4 rings (SSSR count). The summed E-state index contributed by atoms with van der Waals surface area (Å²) in [5.41, 5.74) is 3.88. The van der Waals surface area contributed by atoms with E-state index in [4.69, 9.17) is 0 Å². The number of nitrogens with zero attached hydrogens (tertiary/aromatic N) is 6. The molecule has 0 bridgehead atoms. The van der Waals surface area contributed by atoms with E-state index in [1.807, 2.05) is 0 Å². The summed E-state index contributed by atoms with van der Waals surface area (Å²) < 4.78 is 0. The molecule has 2 aliphatic rings. The third-order valence-electron chi connectivity index (χ3n) is 6.83. The van der Waals surface area contributed by atoms with Gasteiger partial charge >= 0.3 is 5.69 Å². The molecule has 0 spiro atoms. The Hall–Kier alpha value is -2.90. The molecule has 0 N–H and O–H groups in total. The van der Waals surface area contributed by atoms with Gasteiger partial charge in [-0.15, -0.1) is 0 Å². The van der Waals surface area contributed by atoms with Crippen LogP contribution in [0.4, 0.5) is 23.0 Å². The van der Waals surface area contributed by atoms with Gasteiger partial charge < -0.3 is 14.7 Å². The Balaban J connectivity index is 1.59. The minimum absolute atomic E-state index is 0.0584. The van der Waals surface area contributed by atoms with Gasteiger partial charge in [-0.25, -0.2) is 9.97 Å². The van der Waals surface area contributed by atoms with Crippen LogP contribution in [0.3, 0.4) is 0 Å². The van der Waals surface area contributed by atoms with Gasteiger partial charge in [0.1, 0.15) is 6.33 Å². The van der Waals surface area contributed by atoms with E-state index in [2.05, 4.69) is 63.6 Å². The normalized spacial score (nSPS) is 19.6. The third-order valence-corrected chi connectivity index (χ3v) is 6.83. The van der Waals surface area contributed by atoms with Crippen LogP contribution in [0.5, 0.6) is 0 Å². The Morgan fingerprint density at radius 1 is 1.03 bits per heavy atom. The summed E-state index contributed by atoms with van der Waals surface area (Å²) in [6, 6.07) is 6.68. The van der Waals surface area contributed by atoms with Crippen molar-refractivity contribution in [1.82, 2.24) is 9.97 Å². The molecule has 2 aromatic rings.